The van der Waals surface area contributed by atoms with E-state index < -0.39 is 15.3 Å². The van der Waals surface area contributed by atoms with E-state index in [1.165, 1.54) is 43.8 Å². The molecule has 0 N–H and O–H groups in total. The Balaban J connectivity index is 0.000000157. The zero-order valence-corrected chi connectivity index (χ0v) is 19.7. The van der Waals surface area contributed by atoms with Crippen LogP contribution in [0.2, 0.25) is 0 Å². The summed E-state index contributed by atoms with van der Waals surface area (Å²) >= 11 is -1.54. The summed E-state index contributed by atoms with van der Waals surface area (Å²) in [4.78, 5) is 0. The third-order valence-electron chi connectivity index (χ3n) is 4.87. The summed E-state index contributed by atoms with van der Waals surface area (Å²) in [6.07, 6.45) is 0. The molecule has 0 unspecified atom stereocenters. The minimum absolute atomic E-state index is 1.36. The molecule has 0 aromatic heterocycles. The minimum Gasteiger partial charge on any atom is -0.154 e. The Kier molecular flexibility index (Phi) is 8.51. The predicted molar refractivity (Wildman–Crippen MR) is 121 cm³/mol. The van der Waals surface area contributed by atoms with E-state index in [9.17, 15) is 0 Å². The number of hydrogen-bond acceptors (Lipinski definition) is 0. The molecule has 4 aromatic rings. The summed E-state index contributed by atoms with van der Waals surface area (Å²) in [5.74, 6) is 0. The standard InChI is InChI=1S/2C11H11.C2H4.2ClH.Ti/c2*1-8-7-10-5-3-4-6-11(10)9(8)2;1-2;;;/h2*3-7H,1-2H3;1H,2H3;2*1H;/q2*-1;;;;+2/p-2. The largest absolute Gasteiger partial charge is 0.154 e. The van der Waals surface area contributed by atoms with Gasteiger partial charge in [0.2, 0.25) is 0 Å². The Morgan fingerprint density at radius 2 is 1.04 bits per heavy atom. The van der Waals surface area contributed by atoms with Gasteiger partial charge in [0.15, 0.2) is 0 Å². The normalized spacial score (nSPS) is 10.0. The second-order valence-electron chi connectivity index (χ2n) is 6.66. The van der Waals surface area contributed by atoms with Crippen molar-refractivity contribution in [3.05, 3.63) is 82.9 Å². The zero-order chi connectivity index (χ0) is 20.0. The van der Waals surface area contributed by atoms with E-state index in [4.69, 9.17) is 18.6 Å². The quantitative estimate of drug-likeness (QED) is 0.194. The summed E-state index contributed by atoms with van der Waals surface area (Å²) in [6.45, 7) is 10.6. The van der Waals surface area contributed by atoms with Crippen LogP contribution < -0.4 is 0 Å². The Morgan fingerprint density at radius 1 is 0.704 bits per heavy atom. The fraction of sp³-hybridized carbons (Fsp3) is 0.208. The van der Waals surface area contributed by atoms with E-state index in [-0.39, 0.29) is 0 Å². The van der Waals surface area contributed by atoms with Crippen LogP contribution in [-0.2, 0) is 15.3 Å². The Labute approximate surface area is 176 Å². The molecule has 0 fully saturated rings. The van der Waals surface area contributed by atoms with Gasteiger partial charge in [-0.05, 0) is 0 Å². The number of fused-ring (bicyclic) bond motifs is 2. The maximum Gasteiger partial charge on any atom is -0.0576 e. The molecular formula is C24H26Cl2Ti-2. The van der Waals surface area contributed by atoms with Crippen molar-refractivity contribution in [2.75, 3.05) is 0 Å². The van der Waals surface area contributed by atoms with Crippen LogP contribution in [0.1, 0.15) is 29.2 Å². The van der Waals surface area contributed by atoms with Crippen molar-refractivity contribution >= 4 is 44.5 Å². The van der Waals surface area contributed by atoms with E-state index in [1.54, 1.807) is 0 Å². The van der Waals surface area contributed by atoms with Crippen LogP contribution in [0.5, 0.6) is 0 Å². The molecule has 0 amide bonds. The zero-order valence-electron chi connectivity index (χ0n) is 16.6. The van der Waals surface area contributed by atoms with Crippen molar-refractivity contribution in [1.82, 2.24) is 0 Å². The molecular weight excluding hydrogens is 407 g/mol. The Hall–Kier alpha value is -1.18. The average Bonchev–Trinajstić information content (AvgIpc) is 3.12. The van der Waals surface area contributed by atoms with Crippen molar-refractivity contribution in [3.8, 4) is 0 Å². The van der Waals surface area contributed by atoms with Gasteiger partial charge in [-0.25, -0.2) is 0 Å². The smallest absolute Gasteiger partial charge is 0.0576 e. The molecule has 0 atom stereocenters. The Bertz CT molecular complexity index is 969. The van der Waals surface area contributed by atoms with Crippen molar-refractivity contribution in [3.63, 3.8) is 0 Å². The molecule has 142 valence electrons. The first-order valence-corrected chi connectivity index (χ1v) is 14.3. The van der Waals surface area contributed by atoms with Gasteiger partial charge < -0.3 is 0 Å². The average molecular weight is 433 g/mol. The van der Waals surface area contributed by atoms with Crippen LogP contribution in [0.4, 0.5) is 0 Å². The number of rotatable bonds is 0. The second kappa shape index (κ2) is 10.4. The molecule has 4 rings (SSSR count). The SMILES string of the molecule is C[CH]=[Ti]([Cl])[Cl].Cc1[cH-]c2ccccc2c1C.Cc1[cH-]c2ccccc2c1C. The van der Waals surface area contributed by atoms with Gasteiger partial charge in [0.1, 0.15) is 0 Å². The molecule has 0 heterocycles. The maximum atomic E-state index is 5.34. The molecule has 0 aliphatic carbocycles. The molecule has 0 saturated heterocycles. The fourth-order valence-electron chi connectivity index (χ4n) is 3.04. The molecule has 27 heavy (non-hydrogen) atoms. The summed E-state index contributed by atoms with van der Waals surface area (Å²) in [6, 6.07) is 21.5. The van der Waals surface area contributed by atoms with Gasteiger partial charge in [-0.1, -0.05) is 39.8 Å². The van der Waals surface area contributed by atoms with Crippen LogP contribution in [0.25, 0.3) is 21.5 Å². The Morgan fingerprint density at radius 3 is 1.33 bits per heavy atom. The molecule has 4 aromatic carbocycles. The van der Waals surface area contributed by atoms with Crippen molar-refractivity contribution in [2.45, 2.75) is 34.6 Å². The van der Waals surface area contributed by atoms with Crippen LogP contribution in [0.15, 0.2) is 60.7 Å². The summed E-state index contributed by atoms with van der Waals surface area (Å²) in [5.41, 5.74) is 5.62. The van der Waals surface area contributed by atoms with Crippen molar-refractivity contribution in [1.29, 1.82) is 0 Å². The van der Waals surface area contributed by atoms with Crippen molar-refractivity contribution < 1.29 is 15.3 Å². The number of aryl methyl sites for hydroxylation is 4. The monoisotopic (exact) mass is 432 g/mol. The summed E-state index contributed by atoms with van der Waals surface area (Å²) < 4.78 is 1.86. The predicted octanol–water partition coefficient (Wildman–Crippen LogP) is 8.09. The van der Waals surface area contributed by atoms with Crippen LogP contribution in [-0.4, -0.2) is 4.31 Å². The van der Waals surface area contributed by atoms with Crippen molar-refractivity contribution in [2.24, 2.45) is 0 Å². The molecule has 0 nitrogen and oxygen atoms in total. The van der Waals surface area contributed by atoms with Gasteiger partial charge in [0, 0.05) is 0 Å². The third-order valence-corrected chi connectivity index (χ3v) is 7.36. The summed E-state index contributed by atoms with van der Waals surface area (Å²) in [5, 5.41) is 5.51. The van der Waals surface area contributed by atoms with Gasteiger partial charge in [0.05, 0.1) is 0 Å². The van der Waals surface area contributed by atoms with E-state index in [0.29, 0.717) is 0 Å². The van der Waals surface area contributed by atoms with E-state index >= 15 is 0 Å². The minimum atomic E-state index is -1.54. The molecule has 0 saturated carbocycles. The first-order valence-electron chi connectivity index (χ1n) is 9.05. The van der Waals surface area contributed by atoms with Crippen LogP contribution in [0, 0.1) is 27.7 Å². The second-order valence-corrected chi connectivity index (χ2v) is 12.6. The molecule has 0 aliphatic rings. The first-order chi connectivity index (χ1) is 12.8. The van der Waals surface area contributed by atoms with Gasteiger partial charge in [0.25, 0.3) is 0 Å². The third kappa shape index (κ3) is 5.90. The molecule has 0 radical (unpaired) electrons. The van der Waals surface area contributed by atoms with Crippen LogP contribution >= 0.6 is 18.6 Å². The molecule has 0 bridgehead atoms. The van der Waals surface area contributed by atoms with Gasteiger partial charge in [-0.2, -0.15) is 11.1 Å². The topological polar surface area (TPSA) is 0 Å². The van der Waals surface area contributed by atoms with E-state index in [1.807, 2.05) is 11.2 Å². The molecule has 3 heteroatoms. The number of benzene rings is 2. The maximum absolute atomic E-state index is 5.34. The molecule has 0 spiro atoms. The van der Waals surface area contributed by atoms with Gasteiger partial charge in [-0.15, -0.1) is 81.2 Å². The number of halogens is 2. The summed E-state index contributed by atoms with van der Waals surface area (Å²) in [7, 11) is 10.7. The first kappa shape index (κ1) is 22.1. The van der Waals surface area contributed by atoms with Gasteiger partial charge in [-0.3, -0.25) is 0 Å². The van der Waals surface area contributed by atoms with Crippen LogP contribution in [0.3, 0.4) is 0 Å². The fourth-order valence-corrected chi connectivity index (χ4v) is 3.04. The van der Waals surface area contributed by atoms with Gasteiger partial charge >= 0.3 is 45.1 Å². The van der Waals surface area contributed by atoms with E-state index in [2.05, 4.69) is 88.4 Å². The van der Waals surface area contributed by atoms with E-state index in [0.717, 1.165) is 0 Å². The molecule has 0 aliphatic heterocycles. The number of hydrogen-bond donors (Lipinski definition) is 0.